The molecule has 1 aromatic rings. The Morgan fingerprint density at radius 2 is 1.75 bits per heavy atom. The fourth-order valence-electron chi connectivity index (χ4n) is 1.09. The van der Waals surface area contributed by atoms with Crippen LogP contribution in [-0.4, -0.2) is 11.1 Å². The summed E-state index contributed by atoms with van der Waals surface area (Å²) in [6, 6.07) is 2.89. The number of benzene rings is 1. The lowest BCUT2D eigenvalue weighted by molar-refractivity contribution is -0.137. The van der Waals surface area contributed by atoms with Gasteiger partial charge in [-0.25, -0.2) is 0 Å². The molecule has 0 fully saturated rings. The molecule has 0 amide bonds. The van der Waals surface area contributed by atoms with E-state index < -0.39 is 16.7 Å². The van der Waals surface area contributed by atoms with Crippen molar-refractivity contribution in [3.63, 3.8) is 0 Å². The quantitative estimate of drug-likeness (QED) is 0.644. The maximum Gasteiger partial charge on any atom is 0.306 e. The summed E-state index contributed by atoms with van der Waals surface area (Å²) >= 11 is 29.2. The smallest absolute Gasteiger partial charge is 0.306 e. The summed E-state index contributed by atoms with van der Waals surface area (Å²) in [5.74, 6) is -1.15. The molecule has 0 aliphatic carbocycles. The summed E-state index contributed by atoms with van der Waals surface area (Å²) in [7, 11) is 0. The van der Waals surface area contributed by atoms with Gasteiger partial charge in [-0.2, -0.15) is 0 Å². The van der Waals surface area contributed by atoms with Crippen molar-refractivity contribution in [3.8, 4) is 0 Å². The van der Waals surface area contributed by atoms with Gasteiger partial charge in [-0.05, 0) is 6.07 Å². The van der Waals surface area contributed by atoms with Crippen molar-refractivity contribution in [1.82, 2.24) is 0 Å². The van der Waals surface area contributed by atoms with Gasteiger partial charge in [0.2, 0.25) is 0 Å². The number of hydrogen-bond acceptors (Lipinski definition) is 1. The molecule has 0 saturated heterocycles. The van der Waals surface area contributed by atoms with Crippen molar-refractivity contribution in [2.75, 3.05) is 0 Å². The molecular weight excluding hydrogens is 317 g/mol. The summed E-state index contributed by atoms with van der Waals surface area (Å²) in [6.07, 6.45) is -0.492. The van der Waals surface area contributed by atoms with Gasteiger partial charge >= 0.3 is 5.97 Å². The van der Waals surface area contributed by atoms with E-state index in [0.29, 0.717) is 0 Å². The van der Waals surface area contributed by atoms with Gasteiger partial charge in [-0.15, -0.1) is 0 Å². The number of hydrogen-bond donors (Lipinski definition) is 1. The van der Waals surface area contributed by atoms with Crippen molar-refractivity contribution in [3.05, 3.63) is 32.8 Å². The predicted octanol–water partition coefficient (Wildman–Crippen LogP) is 4.75. The van der Waals surface area contributed by atoms with E-state index in [1.165, 1.54) is 12.1 Å². The fraction of sp³-hybridized carbons (Fsp3) is 0.222. The predicted molar refractivity (Wildman–Crippen MR) is 67.1 cm³/mol. The molecule has 0 aromatic heterocycles. The number of carboxylic acids is 1. The first-order valence-corrected chi connectivity index (χ1v) is 5.88. The number of aliphatic carboxylic acids is 1. The van der Waals surface area contributed by atoms with Crippen LogP contribution in [0.25, 0.3) is 0 Å². The van der Waals surface area contributed by atoms with E-state index in [0.717, 1.165) is 0 Å². The molecule has 1 rings (SSSR count). The minimum absolute atomic E-state index is 0.0559. The second kappa shape index (κ2) is 5.19. The van der Waals surface area contributed by atoms with E-state index in [1.54, 1.807) is 0 Å². The molecule has 88 valence electrons. The fourth-order valence-corrected chi connectivity index (χ4v) is 2.43. The lowest BCUT2D eigenvalue weighted by atomic mass is 10.1. The van der Waals surface area contributed by atoms with Crippen LogP contribution >= 0.6 is 58.0 Å². The zero-order valence-electron chi connectivity index (χ0n) is 7.61. The van der Waals surface area contributed by atoms with Crippen LogP contribution in [0.2, 0.25) is 15.1 Å². The van der Waals surface area contributed by atoms with Crippen molar-refractivity contribution in [1.29, 1.82) is 0 Å². The van der Waals surface area contributed by atoms with Crippen molar-refractivity contribution in [2.24, 2.45) is 0 Å². The summed E-state index contributed by atoms with van der Waals surface area (Å²) in [5, 5.41) is 9.05. The zero-order valence-corrected chi connectivity index (χ0v) is 11.4. The maximum atomic E-state index is 10.6. The first-order chi connectivity index (χ1) is 7.25. The minimum atomic E-state index is -1.64. The van der Waals surface area contributed by atoms with Gasteiger partial charge in [0.05, 0.1) is 21.5 Å². The molecule has 7 heteroatoms. The molecule has 0 aliphatic rings. The largest absolute Gasteiger partial charge is 0.481 e. The SMILES string of the molecule is O=C(O)CC(Cl)(Cl)c1ccc(Cl)c(Cl)c1Cl. The Morgan fingerprint density at radius 1 is 1.19 bits per heavy atom. The summed E-state index contributed by atoms with van der Waals surface area (Å²) in [4.78, 5) is 10.6. The van der Waals surface area contributed by atoms with Crippen LogP contribution in [0.4, 0.5) is 0 Å². The lowest BCUT2D eigenvalue weighted by Crippen LogP contribution is -2.16. The average Bonchev–Trinajstić information content (AvgIpc) is 2.11. The Kier molecular flexibility index (Phi) is 4.61. The van der Waals surface area contributed by atoms with Crippen molar-refractivity contribution in [2.45, 2.75) is 10.8 Å². The van der Waals surface area contributed by atoms with E-state index in [4.69, 9.17) is 63.1 Å². The normalized spacial score (nSPS) is 11.6. The van der Waals surface area contributed by atoms with Crippen LogP contribution in [0.1, 0.15) is 12.0 Å². The highest BCUT2D eigenvalue weighted by Gasteiger charge is 2.33. The monoisotopic (exact) mass is 320 g/mol. The van der Waals surface area contributed by atoms with Gasteiger partial charge in [0, 0.05) is 5.56 Å². The molecule has 0 radical (unpaired) electrons. The number of halogens is 5. The topological polar surface area (TPSA) is 37.3 Å². The molecule has 0 heterocycles. The van der Waals surface area contributed by atoms with E-state index in [1.807, 2.05) is 0 Å². The average molecular weight is 322 g/mol. The second-order valence-corrected chi connectivity index (χ2v) is 5.64. The Bertz CT molecular complexity index is 430. The molecule has 0 bridgehead atoms. The minimum Gasteiger partial charge on any atom is -0.481 e. The Labute approximate surface area is 117 Å². The third-order valence-electron chi connectivity index (χ3n) is 1.80. The molecule has 1 aromatic carbocycles. The van der Waals surface area contributed by atoms with E-state index in [2.05, 4.69) is 0 Å². The van der Waals surface area contributed by atoms with Gasteiger partial charge in [0.25, 0.3) is 0 Å². The number of carbonyl (C=O) groups is 1. The number of rotatable bonds is 3. The molecule has 0 spiro atoms. The first kappa shape index (κ1) is 14.2. The van der Waals surface area contributed by atoms with Crippen molar-refractivity contribution < 1.29 is 9.90 Å². The maximum absolute atomic E-state index is 10.6. The molecule has 2 nitrogen and oxygen atoms in total. The highest BCUT2D eigenvalue weighted by atomic mass is 35.5. The van der Waals surface area contributed by atoms with Gasteiger partial charge in [-0.3, -0.25) is 4.79 Å². The Morgan fingerprint density at radius 3 is 2.25 bits per heavy atom. The van der Waals surface area contributed by atoms with Crippen LogP contribution in [-0.2, 0) is 9.13 Å². The van der Waals surface area contributed by atoms with E-state index in [9.17, 15) is 4.79 Å². The van der Waals surface area contributed by atoms with E-state index >= 15 is 0 Å². The molecule has 0 atom stereocenters. The van der Waals surface area contributed by atoms with Crippen molar-refractivity contribution >= 4 is 64.0 Å². The summed E-state index contributed by atoms with van der Waals surface area (Å²) in [6.45, 7) is 0. The summed E-state index contributed by atoms with van der Waals surface area (Å²) < 4.78 is -1.64. The summed E-state index contributed by atoms with van der Waals surface area (Å²) in [5.41, 5.74) is 0.217. The van der Waals surface area contributed by atoms with Crippen LogP contribution in [0.3, 0.4) is 0 Å². The highest BCUT2D eigenvalue weighted by Crippen LogP contribution is 2.44. The van der Waals surface area contributed by atoms with Crippen LogP contribution in [0.5, 0.6) is 0 Å². The molecule has 1 N–H and O–H groups in total. The molecule has 0 unspecified atom stereocenters. The molecule has 16 heavy (non-hydrogen) atoms. The third kappa shape index (κ3) is 3.08. The first-order valence-electron chi connectivity index (χ1n) is 3.99. The van der Waals surface area contributed by atoms with Gasteiger partial charge < -0.3 is 5.11 Å². The van der Waals surface area contributed by atoms with Crippen LogP contribution < -0.4 is 0 Å². The highest BCUT2D eigenvalue weighted by molar-refractivity contribution is 6.52. The lowest BCUT2D eigenvalue weighted by Gasteiger charge is -2.20. The standard InChI is InChI=1S/C9H5Cl5O2/c10-5-2-1-4(7(11)8(5)12)9(13,14)3-6(15)16/h1-2H,3H2,(H,15,16). The van der Waals surface area contributed by atoms with Gasteiger partial charge in [-0.1, -0.05) is 64.1 Å². The van der Waals surface area contributed by atoms with Gasteiger partial charge in [0.15, 0.2) is 4.33 Å². The molecule has 0 saturated carbocycles. The van der Waals surface area contributed by atoms with E-state index in [-0.39, 0.29) is 20.6 Å². The number of carboxylic acid groups (broad SMARTS) is 1. The zero-order chi connectivity index (χ0) is 12.5. The second-order valence-electron chi connectivity index (χ2n) is 3.00. The number of alkyl halides is 2. The van der Waals surface area contributed by atoms with Crippen LogP contribution in [0, 0.1) is 0 Å². The third-order valence-corrected chi connectivity index (χ3v) is 3.77. The Hall–Kier alpha value is 0.140. The molecule has 0 aliphatic heterocycles. The molecular formula is C9H5Cl5O2. The van der Waals surface area contributed by atoms with Crippen LogP contribution in [0.15, 0.2) is 12.1 Å². The Balaban J connectivity index is 3.23. The van der Waals surface area contributed by atoms with Gasteiger partial charge in [0.1, 0.15) is 0 Å².